The van der Waals surface area contributed by atoms with E-state index < -0.39 is 0 Å². The highest BCUT2D eigenvalue weighted by Gasteiger charge is 2.37. The Balaban J connectivity index is 1.16. The van der Waals surface area contributed by atoms with E-state index in [1.807, 2.05) is 60.4 Å². The van der Waals surface area contributed by atoms with Crippen LogP contribution in [0.15, 0.2) is 60.8 Å². The van der Waals surface area contributed by atoms with Gasteiger partial charge >= 0.3 is 6.03 Å². The Morgan fingerprint density at radius 2 is 1.88 bits per heavy atom. The SMILES string of the molecule is Cc1cc(Oc2ccccc2)ccc1N1C(=O)Nc2c(C(=O)N[C@@H]3CCCN(C(=O)C4CC4)C3)sc3nccc1c23. The predicted octanol–water partition coefficient (Wildman–Crippen LogP) is 6.21. The zero-order chi connectivity index (χ0) is 28.1. The summed E-state index contributed by atoms with van der Waals surface area (Å²) in [6.07, 6.45) is 5.27. The van der Waals surface area contributed by atoms with E-state index in [0.29, 0.717) is 39.1 Å². The maximum atomic E-state index is 13.6. The lowest BCUT2D eigenvalue weighted by molar-refractivity contribution is -0.133. The van der Waals surface area contributed by atoms with Gasteiger partial charge in [-0.25, -0.2) is 9.78 Å². The maximum Gasteiger partial charge on any atom is 0.331 e. The molecule has 10 heteroatoms. The minimum Gasteiger partial charge on any atom is -0.457 e. The van der Waals surface area contributed by atoms with Crippen molar-refractivity contribution in [3.63, 3.8) is 0 Å². The fraction of sp³-hybridized carbons (Fsp3) is 0.290. The number of pyridine rings is 1. The molecule has 0 spiro atoms. The first-order chi connectivity index (χ1) is 20.0. The number of aromatic nitrogens is 1. The fourth-order valence-corrected chi connectivity index (χ4v) is 6.71. The van der Waals surface area contributed by atoms with Gasteiger partial charge < -0.3 is 20.3 Å². The summed E-state index contributed by atoms with van der Waals surface area (Å²) in [7, 11) is 0. The van der Waals surface area contributed by atoms with Gasteiger partial charge in [-0.1, -0.05) is 18.2 Å². The topological polar surface area (TPSA) is 104 Å². The molecule has 2 aromatic heterocycles. The van der Waals surface area contributed by atoms with Crippen LogP contribution in [0.4, 0.5) is 21.9 Å². The highest BCUT2D eigenvalue weighted by atomic mass is 32.1. The van der Waals surface area contributed by atoms with E-state index in [2.05, 4.69) is 15.6 Å². The molecular weight excluding hydrogens is 538 g/mol. The Bertz CT molecular complexity index is 1680. The van der Waals surface area contributed by atoms with Crippen molar-refractivity contribution in [1.29, 1.82) is 0 Å². The number of rotatable bonds is 6. The van der Waals surface area contributed by atoms with Crippen LogP contribution >= 0.6 is 11.3 Å². The lowest BCUT2D eigenvalue weighted by Gasteiger charge is -2.33. The number of anilines is 3. The average molecular weight is 568 g/mol. The predicted molar refractivity (Wildman–Crippen MR) is 158 cm³/mol. The monoisotopic (exact) mass is 567 g/mol. The van der Waals surface area contributed by atoms with Crippen molar-refractivity contribution in [1.82, 2.24) is 15.2 Å². The van der Waals surface area contributed by atoms with E-state index in [0.717, 1.165) is 48.9 Å². The zero-order valence-corrected chi connectivity index (χ0v) is 23.4. The number of thiophene rings is 1. The van der Waals surface area contributed by atoms with E-state index in [1.165, 1.54) is 11.3 Å². The maximum absolute atomic E-state index is 13.6. The molecule has 0 unspecified atom stereocenters. The van der Waals surface area contributed by atoms with Gasteiger partial charge in [0, 0.05) is 31.2 Å². The van der Waals surface area contributed by atoms with Gasteiger partial charge in [0.05, 0.1) is 22.4 Å². The summed E-state index contributed by atoms with van der Waals surface area (Å²) in [6, 6.07) is 16.5. The molecule has 1 atom stereocenters. The lowest BCUT2D eigenvalue weighted by Crippen LogP contribution is -2.50. The average Bonchev–Trinajstić information content (AvgIpc) is 3.76. The van der Waals surface area contributed by atoms with Gasteiger partial charge in [-0.05, 0) is 74.6 Å². The van der Waals surface area contributed by atoms with Crippen LogP contribution in [0.5, 0.6) is 11.5 Å². The van der Waals surface area contributed by atoms with Crippen LogP contribution in [0.3, 0.4) is 0 Å². The molecule has 1 saturated carbocycles. The van der Waals surface area contributed by atoms with Crippen molar-refractivity contribution in [2.75, 3.05) is 23.3 Å². The van der Waals surface area contributed by atoms with Crippen LogP contribution < -0.4 is 20.3 Å². The molecule has 7 rings (SSSR count). The summed E-state index contributed by atoms with van der Waals surface area (Å²) in [6.45, 7) is 3.20. The normalized spacial score (nSPS) is 18.3. The molecule has 9 nitrogen and oxygen atoms in total. The summed E-state index contributed by atoms with van der Waals surface area (Å²) >= 11 is 1.26. The first-order valence-corrected chi connectivity index (χ1v) is 14.7. The third kappa shape index (κ3) is 4.78. The zero-order valence-electron chi connectivity index (χ0n) is 22.6. The quantitative estimate of drug-likeness (QED) is 0.288. The van der Waals surface area contributed by atoms with E-state index >= 15 is 0 Å². The van der Waals surface area contributed by atoms with Crippen molar-refractivity contribution >= 4 is 56.5 Å². The highest BCUT2D eigenvalue weighted by Crippen LogP contribution is 2.46. The minimum absolute atomic E-state index is 0.126. The number of urea groups is 1. The lowest BCUT2D eigenvalue weighted by atomic mass is 10.0. The molecule has 2 aromatic carbocycles. The first kappa shape index (κ1) is 25.5. The van der Waals surface area contributed by atoms with Crippen molar-refractivity contribution in [2.45, 2.75) is 38.6 Å². The molecule has 2 fully saturated rings. The smallest absolute Gasteiger partial charge is 0.331 e. The fourth-order valence-electron chi connectivity index (χ4n) is 5.69. The number of nitrogens with zero attached hydrogens (tertiary/aromatic N) is 3. The van der Waals surface area contributed by atoms with Crippen molar-refractivity contribution in [2.24, 2.45) is 5.92 Å². The van der Waals surface area contributed by atoms with Crippen molar-refractivity contribution < 1.29 is 19.1 Å². The van der Waals surface area contributed by atoms with Gasteiger partial charge in [0.25, 0.3) is 5.91 Å². The number of aryl methyl sites for hydroxylation is 1. The van der Waals surface area contributed by atoms with Gasteiger partial charge in [-0.2, -0.15) is 0 Å². The highest BCUT2D eigenvalue weighted by molar-refractivity contribution is 7.21. The van der Waals surface area contributed by atoms with Crippen LogP contribution in [0, 0.1) is 12.8 Å². The second-order valence-electron chi connectivity index (χ2n) is 10.8. The molecule has 0 radical (unpaired) electrons. The van der Waals surface area contributed by atoms with Gasteiger partial charge in [0.15, 0.2) is 0 Å². The molecule has 4 amide bonds. The third-order valence-electron chi connectivity index (χ3n) is 7.84. The Kier molecular flexibility index (Phi) is 6.34. The molecule has 4 aromatic rings. The van der Waals surface area contributed by atoms with Gasteiger partial charge in [0.1, 0.15) is 21.2 Å². The van der Waals surface area contributed by atoms with E-state index in [1.54, 1.807) is 17.2 Å². The molecule has 3 aliphatic rings. The number of amides is 4. The van der Waals surface area contributed by atoms with E-state index in [-0.39, 0.29) is 29.8 Å². The number of para-hydroxylation sites is 1. The summed E-state index contributed by atoms with van der Waals surface area (Å²) in [5, 5.41) is 6.83. The second kappa shape index (κ2) is 10.2. The second-order valence-corrected chi connectivity index (χ2v) is 11.8. The number of ether oxygens (including phenoxy) is 1. The molecular formula is C31H29N5O4S. The number of likely N-dealkylation sites (tertiary alicyclic amines) is 1. The van der Waals surface area contributed by atoms with Crippen molar-refractivity contribution in [3.05, 3.63) is 71.2 Å². The van der Waals surface area contributed by atoms with E-state index in [4.69, 9.17) is 4.74 Å². The number of carbonyl (C=O) groups excluding carboxylic acids is 3. The van der Waals surface area contributed by atoms with Crippen LogP contribution in [0.25, 0.3) is 10.2 Å². The third-order valence-corrected chi connectivity index (χ3v) is 8.93. The number of hydrogen-bond donors (Lipinski definition) is 2. The number of hydrogen-bond acceptors (Lipinski definition) is 6. The summed E-state index contributed by atoms with van der Waals surface area (Å²) in [4.78, 5) is 48.8. The number of piperidine rings is 1. The van der Waals surface area contributed by atoms with Gasteiger partial charge in [-0.15, -0.1) is 11.3 Å². The number of benzene rings is 2. The molecule has 208 valence electrons. The largest absolute Gasteiger partial charge is 0.457 e. The van der Waals surface area contributed by atoms with E-state index in [9.17, 15) is 14.4 Å². The molecule has 1 saturated heterocycles. The standard InChI is InChI=1S/C31H29N5O4S/c1-18-16-22(40-21-7-3-2-4-8-21)11-12-23(18)36-24-13-14-32-29-25(24)26(34-31(36)39)27(41-29)28(37)33-20-6-5-15-35(17-20)30(38)19-9-10-19/h2-4,7-8,11-14,16,19-20H,5-6,9-10,15,17H2,1H3,(H,33,37)(H,34,39)/t20-/m1/s1. The molecule has 2 N–H and O–H groups in total. The summed E-state index contributed by atoms with van der Waals surface area (Å²) in [5.41, 5.74) is 2.72. The molecule has 2 aliphatic heterocycles. The summed E-state index contributed by atoms with van der Waals surface area (Å²) < 4.78 is 5.98. The number of nitrogens with one attached hydrogen (secondary N) is 2. The van der Waals surface area contributed by atoms with Crippen LogP contribution in [0.2, 0.25) is 0 Å². The van der Waals surface area contributed by atoms with Gasteiger partial charge in [-0.3, -0.25) is 14.5 Å². The van der Waals surface area contributed by atoms with Crippen molar-refractivity contribution in [3.8, 4) is 11.5 Å². The number of carbonyl (C=O) groups is 3. The molecule has 4 heterocycles. The Morgan fingerprint density at radius 1 is 1.05 bits per heavy atom. The Labute approximate surface area is 241 Å². The Hall–Kier alpha value is -4.44. The molecule has 1 aliphatic carbocycles. The molecule has 0 bridgehead atoms. The van der Waals surface area contributed by atoms with Crippen LogP contribution in [0.1, 0.15) is 40.9 Å². The van der Waals surface area contributed by atoms with Crippen LogP contribution in [-0.2, 0) is 4.79 Å². The minimum atomic E-state index is -0.351. The van der Waals surface area contributed by atoms with Gasteiger partial charge in [0.2, 0.25) is 5.91 Å². The first-order valence-electron chi connectivity index (χ1n) is 13.9. The van der Waals surface area contributed by atoms with Crippen LogP contribution in [-0.4, -0.2) is 46.9 Å². The Morgan fingerprint density at radius 3 is 2.66 bits per heavy atom. The molecule has 41 heavy (non-hydrogen) atoms. The summed E-state index contributed by atoms with van der Waals surface area (Å²) in [5.74, 6) is 1.51.